The van der Waals surface area contributed by atoms with Crippen molar-refractivity contribution >= 4 is 5.91 Å². The number of nitrogens with two attached hydrogens (primary N) is 1. The zero-order chi connectivity index (χ0) is 10.2. The molecule has 3 N–H and O–H groups in total. The summed E-state index contributed by atoms with van der Waals surface area (Å²) in [5, 5.41) is 9.12. The van der Waals surface area contributed by atoms with Gasteiger partial charge in [0.2, 0.25) is 5.91 Å². The predicted octanol–water partition coefficient (Wildman–Crippen LogP) is -0.291. The maximum atomic E-state index is 12.1. The fourth-order valence-corrected chi connectivity index (χ4v) is 2.25. The van der Waals surface area contributed by atoms with E-state index in [0.29, 0.717) is 6.54 Å². The molecule has 1 atom stereocenters. The molecule has 0 aromatic heterocycles. The van der Waals surface area contributed by atoms with Crippen molar-refractivity contribution < 1.29 is 9.90 Å². The Morgan fingerprint density at radius 2 is 2.29 bits per heavy atom. The molecular formula is C10H18N2O2. The Hall–Kier alpha value is -0.610. The van der Waals surface area contributed by atoms with E-state index in [2.05, 4.69) is 0 Å². The van der Waals surface area contributed by atoms with E-state index in [1.54, 1.807) is 0 Å². The van der Waals surface area contributed by atoms with Crippen LogP contribution in [0.15, 0.2) is 0 Å². The number of aliphatic hydroxyl groups is 1. The maximum Gasteiger partial charge on any atom is 0.230 e. The molecule has 14 heavy (non-hydrogen) atoms. The molecule has 0 unspecified atom stereocenters. The first-order chi connectivity index (χ1) is 6.73. The van der Waals surface area contributed by atoms with E-state index in [1.165, 1.54) is 0 Å². The van der Waals surface area contributed by atoms with Gasteiger partial charge in [-0.25, -0.2) is 0 Å². The van der Waals surface area contributed by atoms with Crippen molar-refractivity contribution in [3.63, 3.8) is 0 Å². The number of rotatable bonds is 3. The zero-order valence-electron chi connectivity index (χ0n) is 8.41. The van der Waals surface area contributed by atoms with Crippen LogP contribution in [0.25, 0.3) is 0 Å². The molecule has 80 valence electrons. The number of hydrogen-bond acceptors (Lipinski definition) is 3. The van der Waals surface area contributed by atoms with E-state index in [9.17, 15) is 4.79 Å². The van der Waals surface area contributed by atoms with E-state index in [0.717, 1.165) is 32.2 Å². The molecular weight excluding hydrogens is 180 g/mol. The van der Waals surface area contributed by atoms with Crippen molar-refractivity contribution in [2.24, 2.45) is 11.1 Å². The van der Waals surface area contributed by atoms with Crippen LogP contribution < -0.4 is 5.73 Å². The summed E-state index contributed by atoms with van der Waals surface area (Å²) in [5.74, 6) is 0.177. The maximum absolute atomic E-state index is 12.1. The van der Waals surface area contributed by atoms with Crippen molar-refractivity contribution in [1.82, 2.24) is 4.90 Å². The predicted molar refractivity (Wildman–Crippen MR) is 52.5 cm³/mol. The van der Waals surface area contributed by atoms with E-state index in [-0.39, 0.29) is 24.0 Å². The van der Waals surface area contributed by atoms with Gasteiger partial charge in [0.25, 0.3) is 0 Å². The lowest BCUT2D eigenvalue weighted by molar-refractivity contribution is -0.138. The molecule has 0 radical (unpaired) electrons. The monoisotopic (exact) mass is 198 g/mol. The Kier molecular flexibility index (Phi) is 2.49. The number of amides is 1. The number of hydrogen-bond donors (Lipinski definition) is 2. The number of aliphatic hydroxyl groups excluding tert-OH is 1. The van der Waals surface area contributed by atoms with Crippen LogP contribution in [0.5, 0.6) is 0 Å². The lowest BCUT2D eigenvalue weighted by Gasteiger charge is -2.27. The number of likely N-dealkylation sites (tertiary alicyclic amines) is 1. The van der Waals surface area contributed by atoms with Crippen molar-refractivity contribution in [2.45, 2.75) is 31.7 Å². The van der Waals surface area contributed by atoms with Crippen LogP contribution >= 0.6 is 0 Å². The van der Waals surface area contributed by atoms with Gasteiger partial charge in [0.1, 0.15) is 0 Å². The highest BCUT2D eigenvalue weighted by Crippen LogP contribution is 2.47. The second-order valence-corrected chi connectivity index (χ2v) is 4.46. The van der Waals surface area contributed by atoms with Crippen LogP contribution in [0.2, 0.25) is 0 Å². The van der Waals surface area contributed by atoms with Gasteiger partial charge in [-0.1, -0.05) is 0 Å². The lowest BCUT2D eigenvalue weighted by atomic mass is 10.1. The smallest absolute Gasteiger partial charge is 0.230 e. The Morgan fingerprint density at radius 3 is 2.79 bits per heavy atom. The lowest BCUT2D eigenvalue weighted by Crippen LogP contribution is -2.44. The number of carbonyl (C=O) groups excluding carboxylic acids is 1. The van der Waals surface area contributed by atoms with Gasteiger partial charge in [0, 0.05) is 13.1 Å². The summed E-state index contributed by atoms with van der Waals surface area (Å²) in [6.07, 6.45) is 3.80. The van der Waals surface area contributed by atoms with Gasteiger partial charge in [0.05, 0.1) is 18.1 Å². The second kappa shape index (κ2) is 3.51. The summed E-state index contributed by atoms with van der Waals surface area (Å²) in [6, 6.07) is 0.0477. The van der Waals surface area contributed by atoms with Gasteiger partial charge in [0.15, 0.2) is 0 Å². The minimum atomic E-state index is -0.252. The Balaban J connectivity index is 2.04. The van der Waals surface area contributed by atoms with Crippen LogP contribution in [0, 0.1) is 5.41 Å². The number of nitrogens with zero attached hydrogens (tertiary/aromatic N) is 1. The molecule has 0 aromatic carbocycles. The van der Waals surface area contributed by atoms with Crippen molar-refractivity contribution in [2.75, 3.05) is 19.7 Å². The molecule has 4 nitrogen and oxygen atoms in total. The molecule has 0 aromatic rings. The summed E-state index contributed by atoms with van der Waals surface area (Å²) in [4.78, 5) is 13.9. The molecule has 0 bridgehead atoms. The largest absolute Gasteiger partial charge is 0.394 e. The van der Waals surface area contributed by atoms with Gasteiger partial charge >= 0.3 is 0 Å². The average Bonchev–Trinajstić information content (AvgIpc) is 2.87. The van der Waals surface area contributed by atoms with E-state index >= 15 is 0 Å². The SMILES string of the molecule is NCC1(C(=O)N2CCC[C@H]2CO)CC1. The zero-order valence-corrected chi connectivity index (χ0v) is 8.41. The molecule has 2 rings (SSSR count). The normalized spacial score (nSPS) is 29.3. The topological polar surface area (TPSA) is 66.6 Å². The molecule has 0 spiro atoms. The first-order valence-corrected chi connectivity index (χ1v) is 5.35. The summed E-state index contributed by atoms with van der Waals surface area (Å²) < 4.78 is 0. The minimum Gasteiger partial charge on any atom is -0.394 e. The molecule has 4 heteroatoms. The van der Waals surface area contributed by atoms with E-state index in [1.807, 2.05) is 4.90 Å². The van der Waals surface area contributed by atoms with Gasteiger partial charge in [-0.15, -0.1) is 0 Å². The fourth-order valence-electron chi connectivity index (χ4n) is 2.25. The molecule has 1 saturated carbocycles. The third-order valence-corrected chi connectivity index (χ3v) is 3.55. The second-order valence-electron chi connectivity index (χ2n) is 4.46. The van der Waals surface area contributed by atoms with Crippen molar-refractivity contribution in [3.05, 3.63) is 0 Å². The van der Waals surface area contributed by atoms with Crippen LogP contribution in [0.4, 0.5) is 0 Å². The van der Waals surface area contributed by atoms with Gasteiger partial charge in [-0.3, -0.25) is 4.79 Å². The van der Waals surface area contributed by atoms with Crippen LogP contribution in [-0.4, -0.2) is 41.7 Å². The average molecular weight is 198 g/mol. The molecule has 1 aliphatic heterocycles. The van der Waals surface area contributed by atoms with E-state index in [4.69, 9.17) is 10.8 Å². The Morgan fingerprint density at radius 1 is 1.57 bits per heavy atom. The fraction of sp³-hybridized carbons (Fsp3) is 0.900. The third-order valence-electron chi connectivity index (χ3n) is 3.55. The third kappa shape index (κ3) is 1.42. The van der Waals surface area contributed by atoms with Crippen LogP contribution in [0.3, 0.4) is 0 Å². The summed E-state index contributed by atoms with van der Waals surface area (Å²) in [7, 11) is 0. The molecule has 1 aliphatic carbocycles. The number of carbonyl (C=O) groups is 1. The first-order valence-electron chi connectivity index (χ1n) is 5.35. The van der Waals surface area contributed by atoms with Gasteiger partial charge in [-0.05, 0) is 25.7 Å². The summed E-state index contributed by atoms with van der Waals surface area (Å²) >= 11 is 0. The van der Waals surface area contributed by atoms with Crippen LogP contribution in [0.1, 0.15) is 25.7 Å². The summed E-state index contributed by atoms with van der Waals surface area (Å²) in [6.45, 7) is 1.35. The molecule has 2 aliphatic rings. The highest BCUT2D eigenvalue weighted by molar-refractivity contribution is 5.86. The Bertz CT molecular complexity index is 238. The van der Waals surface area contributed by atoms with Crippen molar-refractivity contribution in [1.29, 1.82) is 0 Å². The van der Waals surface area contributed by atoms with Crippen molar-refractivity contribution in [3.8, 4) is 0 Å². The highest BCUT2D eigenvalue weighted by atomic mass is 16.3. The van der Waals surface area contributed by atoms with Gasteiger partial charge in [-0.2, -0.15) is 0 Å². The standard InChI is InChI=1S/C10H18N2O2/c11-7-10(3-4-10)9(14)12-5-1-2-8(12)6-13/h8,13H,1-7,11H2/t8-/m0/s1. The van der Waals surface area contributed by atoms with Crippen LogP contribution in [-0.2, 0) is 4.79 Å². The first kappa shape index (κ1) is 9.93. The molecule has 1 saturated heterocycles. The quantitative estimate of drug-likeness (QED) is 0.655. The van der Waals surface area contributed by atoms with Gasteiger partial charge < -0.3 is 15.7 Å². The molecule has 1 amide bonds. The molecule has 2 fully saturated rings. The Labute approximate surface area is 84.1 Å². The summed E-state index contributed by atoms with van der Waals surface area (Å²) in [5.41, 5.74) is 5.36. The van der Waals surface area contributed by atoms with E-state index < -0.39 is 0 Å². The highest BCUT2D eigenvalue weighted by Gasteiger charge is 2.51. The molecule has 1 heterocycles. The minimum absolute atomic E-state index is 0.0477.